The van der Waals surface area contributed by atoms with Gasteiger partial charge < -0.3 is 14.8 Å². The van der Waals surface area contributed by atoms with Crippen molar-refractivity contribution >= 4 is 22.9 Å². The second-order valence-corrected chi connectivity index (χ2v) is 6.12. The molecule has 2 aromatic carbocycles. The molecule has 5 heteroatoms. The molecule has 0 aliphatic rings. The molecule has 0 saturated carbocycles. The quantitative estimate of drug-likeness (QED) is 0.791. The van der Waals surface area contributed by atoms with Gasteiger partial charge in [0.25, 0.3) is 0 Å². The highest BCUT2D eigenvalue weighted by Gasteiger charge is 2.09. The van der Waals surface area contributed by atoms with E-state index < -0.39 is 0 Å². The summed E-state index contributed by atoms with van der Waals surface area (Å²) in [5.41, 5.74) is 2.07. The van der Waals surface area contributed by atoms with Crippen molar-refractivity contribution in [3.63, 3.8) is 0 Å². The van der Waals surface area contributed by atoms with E-state index in [1.807, 2.05) is 30.3 Å². The third-order valence-electron chi connectivity index (χ3n) is 3.26. The standard InChI is InChI=1S/C19H20N2O2S/c1-13(2)12-23-18-8-7-14(9-15(18)11-20)19(24)21-16-5-4-6-17(10-16)22-3/h4-10,13H,12H2,1-3H3,(H,21,24). The molecule has 1 N–H and O–H groups in total. The monoisotopic (exact) mass is 340 g/mol. The van der Waals surface area contributed by atoms with Crippen LogP contribution in [0.25, 0.3) is 0 Å². The third-order valence-corrected chi connectivity index (χ3v) is 3.60. The summed E-state index contributed by atoms with van der Waals surface area (Å²) in [6.45, 7) is 4.70. The topological polar surface area (TPSA) is 54.3 Å². The van der Waals surface area contributed by atoms with Gasteiger partial charge in [-0.05, 0) is 36.2 Å². The molecule has 0 bridgehead atoms. The number of hydrogen-bond acceptors (Lipinski definition) is 4. The predicted octanol–water partition coefficient (Wildman–Crippen LogP) is 4.39. The second-order valence-electron chi connectivity index (χ2n) is 5.71. The lowest BCUT2D eigenvalue weighted by molar-refractivity contribution is 0.270. The summed E-state index contributed by atoms with van der Waals surface area (Å²) >= 11 is 5.44. The van der Waals surface area contributed by atoms with Crippen LogP contribution in [-0.2, 0) is 0 Å². The number of thiocarbonyl (C=S) groups is 1. The second kappa shape index (κ2) is 8.32. The molecule has 0 saturated heterocycles. The number of benzene rings is 2. The first-order chi connectivity index (χ1) is 11.5. The van der Waals surface area contributed by atoms with Gasteiger partial charge in [-0.2, -0.15) is 5.26 Å². The minimum atomic E-state index is 0.395. The average Bonchev–Trinajstić information content (AvgIpc) is 2.59. The highest BCUT2D eigenvalue weighted by molar-refractivity contribution is 7.81. The van der Waals surface area contributed by atoms with Crippen molar-refractivity contribution in [1.82, 2.24) is 0 Å². The Hall–Kier alpha value is -2.58. The largest absolute Gasteiger partial charge is 0.497 e. The lowest BCUT2D eigenvalue weighted by atomic mass is 10.1. The minimum Gasteiger partial charge on any atom is -0.497 e. The molecule has 0 radical (unpaired) electrons. The Balaban J connectivity index is 2.16. The third kappa shape index (κ3) is 4.71. The van der Waals surface area contributed by atoms with Crippen LogP contribution < -0.4 is 14.8 Å². The molecule has 2 aromatic rings. The molecule has 124 valence electrons. The molecule has 0 aromatic heterocycles. The Kier molecular flexibility index (Phi) is 6.16. The molecule has 24 heavy (non-hydrogen) atoms. The first-order valence-electron chi connectivity index (χ1n) is 7.66. The van der Waals surface area contributed by atoms with Gasteiger partial charge in [-0.3, -0.25) is 0 Å². The molecule has 2 rings (SSSR count). The number of methoxy groups -OCH3 is 1. The van der Waals surface area contributed by atoms with Crippen molar-refractivity contribution in [2.24, 2.45) is 5.92 Å². The Morgan fingerprint density at radius 2 is 2.04 bits per heavy atom. The number of nitrogens with zero attached hydrogens (tertiary/aromatic N) is 1. The fraction of sp³-hybridized carbons (Fsp3) is 0.263. The van der Waals surface area contributed by atoms with Gasteiger partial charge in [-0.1, -0.05) is 32.1 Å². The lowest BCUT2D eigenvalue weighted by Gasteiger charge is -2.13. The number of nitriles is 1. The van der Waals surface area contributed by atoms with Crippen LogP contribution in [0.2, 0.25) is 0 Å². The molecule has 0 heterocycles. The summed E-state index contributed by atoms with van der Waals surface area (Å²) in [4.78, 5) is 0.537. The van der Waals surface area contributed by atoms with E-state index in [2.05, 4.69) is 25.2 Å². The molecule has 0 amide bonds. The van der Waals surface area contributed by atoms with Crippen LogP contribution in [0, 0.1) is 17.2 Å². The summed E-state index contributed by atoms with van der Waals surface area (Å²) < 4.78 is 10.9. The number of hydrogen-bond donors (Lipinski definition) is 1. The number of nitrogens with one attached hydrogen (secondary N) is 1. The summed E-state index contributed by atoms with van der Waals surface area (Å²) in [5, 5.41) is 12.5. The predicted molar refractivity (Wildman–Crippen MR) is 99.8 cm³/mol. The normalized spacial score (nSPS) is 10.1. The van der Waals surface area contributed by atoms with Crippen LogP contribution in [0.4, 0.5) is 5.69 Å². The Morgan fingerprint density at radius 1 is 1.25 bits per heavy atom. The maximum absolute atomic E-state index is 9.34. The van der Waals surface area contributed by atoms with Gasteiger partial charge in [0.15, 0.2) is 0 Å². The van der Waals surface area contributed by atoms with Gasteiger partial charge in [0.1, 0.15) is 22.6 Å². The summed E-state index contributed by atoms with van der Waals surface area (Å²) in [7, 11) is 1.62. The molecular formula is C19H20N2O2S. The lowest BCUT2D eigenvalue weighted by Crippen LogP contribution is -2.11. The smallest absolute Gasteiger partial charge is 0.137 e. The van der Waals surface area contributed by atoms with Crippen LogP contribution in [0.15, 0.2) is 42.5 Å². The summed E-state index contributed by atoms with van der Waals surface area (Å²) in [6, 6.07) is 15.1. The molecule has 0 aliphatic carbocycles. The SMILES string of the molecule is COc1cccc(NC(=S)c2ccc(OCC(C)C)c(C#N)c2)c1. The summed E-state index contributed by atoms with van der Waals surface area (Å²) in [6.07, 6.45) is 0. The first kappa shape index (κ1) is 17.8. The van der Waals surface area contributed by atoms with E-state index in [1.54, 1.807) is 19.2 Å². The molecule has 4 nitrogen and oxygen atoms in total. The van der Waals surface area contributed by atoms with Crippen LogP contribution >= 0.6 is 12.2 Å². The van der Waals surface area contributed by atoms with Gasteiger partial charge in [0.05, 0.1) is 19.3 Å². The van der Waals surface area contributed by atoms with Crippen molar-refractivity contribution in [3.8, 4) is 17.6 Å². The van der Waals surface area contributed by atoms with E-state index >= 15 is 0 Å². The van der Waals surface area contributed by atoms with Crippen LogP contribution in [0.5, 0.6) is 11.5 Å². The van der Waals surface area contributed by atoms with Crippen molar-refractivity contribution in [3.05, 3.63) is 53.6 Å². The van der Waals surface area contributed by atoms with Crippen LogP contribution in [0.3, 0.4) is 0 Å². The van der Waals surface area contributed by atoms with Gasteiger partial charge in [-0.15, -0.1) is 0 Å². The zero-order valence-corrected chi connectivity index (χ0v) is 14.8. The van der Waals surface area contributed by atoms with E-state index in [-0.39, 0.29) is 0 Å². The van der Waals surface area contributed by atoms with Gasteiger partial charge >= 0.3 is 0 Å². The van der Waals surface area contributed by atoms with Crippen molar-refractivity contribution < 1.29 is 9.47 Å². The van der Waals surface area contributed by atoms with Gasteiger partial charge in [0, 0.05) is 17.3 Å². The van der Waals surface area contributed by atoms with Crippen molar-refractivity contribution in [2.45, 2.75) is 13.8 Å². The molecule has 0 unspecified atom stereocenters. The Morgan fingerprint density at radius 3 is 2.71 bits per heavy atom. The highest BCUT2D eigenvalue weighted by Crippen LogP contribution is 2.22. The first-order valence-corrected chi connectivity index (χ1v) is 8.06. The summed E-state index contributed by atoms with van der Waals surface area (Å²) in [5.74, 6) is 1.73. The number of rotatable bonds is 6. The molecule has 0 fully saturated rings. The highest BCUT2D eigenvalue weighted by atomic mass is 32.1. The molecule has 0 spiro atoms. The molecule has 0 aliphatic heterocycles. The van der Waals surface area contributed by atoms with E-state index in [1.165, 1.54) is 0 Å². The fourth-order valence-electron chi connectivity index (χ4n) is 2.04. The van der Waals surface area contributed by atoms with Crippen LogP contribution in [0.1, 0.15) is 25.0 Å². The molecular weight excluding hydrogens is 320 g/mol. The zero-order valence-electron chi connectivity index (χ0n) is 14.0. The average molecular weight is 340 g/mol. The Bertz CT molecular complexity index is 766. The Labute approximate surface area is 148 Å². The van der Waals surface area contributed by atoms with E-state index in [0.717, 1.165) is 17.0 Å². The zero-order chi connectivity index (χ0) is 17.5. The number of ether oxygens (including phenoxy) is 2. The van der Waals surface area contributed by atoms with E-state index in [9.17, 15) is 5.26 Å². The minimum absolute atomic E-state index is 0.395. The fourth-order valence-corrected chi connectivity index (χ4v) is 2.29. The van der Waals surface area contributed by atoms with Gasteiger partial charge in [-0.25, -0.2) is 0 Å². The molecule has 0 atom stereocenters. The maximum atomic E-state index is 9.34. The van der Waals surface area contributed by atoms with Gasteiger partial charge in [0.2, 0.25) is 0 Å². The van der Waals surface area contributed by atoms with E-state index in [4.69, 9.17) is 21.7 Å². The number of anilines is 1. The maximum Gasteiger partial charge on any atom is 0.137 e. The van der Waals surface area contributed by atoms with E-state index in [0.29, 0.717) is 28.8 Å². The van der Waals surface area contributed by atoms with Crippen molar-refractivity contribution in [2.75, 3.05) is 19.0 Å². The van der Waals surface area contributed by atoms with Crippen LogP contribution in [-0.4, -0.2) is 18.7 Å². The van der Waals surface area contributed by atoms with Crippen molar-refractivity contribution in [1.29, 1.82) is 5.26 Å².